The molecule has 0 aliphatic rings. The lowest BCUT2D eigenvalue weighted by Gasteiger charge is -2.17. The Morgan fingerprint density at radius 1 is 1.35 bits per heavy atom. The molecule has 0 aliphatic carbocycles. The first kappa shape index (κ1) is 14.8. The Morgan fingerprint density at radius 2 is 2.10 bits per heavy atom. The van der Waals surface area contributed by atoms with E-state index in [4.69, 9.17) is 5.84 Å². The van der Waals surface area contributed by atoms with Crippen molar-refractivity contribution in [2.45, 2.75) is 39.7 Å². The number of aromatic nitrogens is 2. The van der Waals surface area contributed by atoms with Gasteiger partial charge in [-0.2, -0.15) is 5.10 Å². The second kappa shape index (κ2) is 6.20. The predicted molar refractivity (Wildman–Crippen MR) is 82.3 cm³/mol. The zero-order valence-corrected chi connectivity index (χ0v) is 12.8. The van der Waals surface area contributed by atoms with Crippen molar-refractivity contribution in [3.05, 3.63) is 52.3 Å². The maximum atomic E-state index is 5.77. The van der Waals surface area contributed by atoms with Crippen LogP contribution in [0.2, 0.25) is 0 Å². The molecular weight excluding hydrogens is 248 g/mol. The number of rotatable bonds is 5. The Morgan fingerprint density at radius 3 is 2.65 bits per heavy atom. The molecule has 4 heteroatoms. The van der Waals surface area contributed by atoms with Crippen LogP contribution in [0.3, 0.4) is 0 Å². The van der Waals surface area contributed by atoms with E-state index in [1.807, 2.05) is 11.7 Å². The van der Waals surface area contributed by atoms with Crippen molar-refractivity contribution in [1.82, 2.24) is 15.2 Å². The maximum absolute atomic E-state index is 5.77. The molecule has 0 aliphatic heterocycles. The molecule has 1 heterocycles. The highest BCUT2D eigenvalue weighted by molar-refractivity contribution is 5.31. The molecule has 1 atom stereocenters. The van der Waals surface area contributed by atoms with Crippen molar-refractivity contribution in [1.29, 1.82) is 0 Å². The first-order chi connectivity index (χ1) is 9.56. The van der Waals surface area contributed by atoms with Crippen LogP contribution < -0.4 is 11.3 Å². The van der Waals surface area contributed by atoms with Gasteiger partial charge in [0.05, 0.1) is 11.7 Å². The minimum Gasteiger partial charge on any atom is -0.272 e. The zero-order valence-electron chi connectivity index (χ0n) is 12.8. The van der Waals surface area contributed by atoms with E-state index >= 15 is 0 Å². The summed E-state index contributed by atoms with van der Waals surface area (Å²) < 4.78 is 1.93. The van der Waals surface area contributed by atoms with Crippen LogP contribution in [0, 0.1) is 13.8 Å². The van der Waals surface area contributed by atoms with Gasteiger partial charge in [0.1, 0.15) is 0 Å². The summed E-state index contributed by atoms with van der Waals surface area (Å²) in [5.74, 6) is 5.77. The summed E-state index contributed by atoms with van der Waals surface area (Å²) in [6.45, 7) is 6.32. The summed E-state index contributed by atoms with van der Waals surface area (Å²) in [7, 11) is 1.98. The first-order valence-corrected chi connectivity index (χ1v) is 7.10. The van der Waals surface area contributed by atoms with E-state index in [2.05, 4.69) is 55.6 Å². The maximum Gasteiger partial charge on any atom is 0.0629 e. The van der Waals surface area contributed by atoms with Crippen molar-refractivity contribution in [3.8, 4) is 0 Å². The molecule has 4 nitrogen and oxygen atoms in total. The van der Waals surface area contributed by atoms with E-state index in [9.17, 15) is 0 Å². The van der Waals surface area contributed by atoms with E-state index < -0.39 is 0 Å². The molecule has 0 radical (unpaired) electrons. The molecule has 3 N–H and O–H groups in total. The van der Waals surface area contributed by atoms with Crippen LogP contribution in [-0.4, -0.2) is 9.78 Å². The second-order valence-corrected chi connectivity index (χ2v) is 5.29. The summed E-state index contributed by atoms with van der Waals surface area (Å²) in [5, 5.41) is 4.47. The molecule has 2 rings (SSSR count). The standard InChI is InChI=1S/C16H24N4/c1-5-13-7-6-8-14(9-13)16(18-17)10-15-11(2)19-20(4)12(15)3/h6-9,16,18H,5,10,17H2,1-4H3. The summed E-state index contributed by atoms with van der Waals surface area (Å²) >= 11 is 0. The van der Waals surface area contributed by atoms with Crippen molar-refractivity contribution >= 4 is 0 Å². The van der Waals surface area contributed by atoms with Crippen molar-refractivity contribution in [3.63, 3.8) is 0 Å². The Kier molecular flexibility index (Phi) is 4.57. The lowest BCUT2D eigenvalue weighted by molar-refractivity contribution is 0.549. The number of hydrogen-bond donors (Lipinski definition) is 2. The molecule has 0 spiro atoms. The van der Waals surface area contributed by atoms with Crippen LogP contribution in [0.4, 0.5) is 0 Å². The van der Waals surface area contributed by atoms with Gasteiger partial charge in [0.15, 0.2) is 0 Å². The van der Waals surface area contributed by atoms with Gasteiger partial charge in [-0.3, -0.25) is 16.0 Å². The average molecular weight is 272 g/mol. The van der Waals surface area contributed by atoms with Gasteiger partial charge in [0.2, 0.25) is 0 Å². The molecule has 1 unspecified atom stereocenters. The number of nitrogens with one attached hydrogen (secondary N) is 1. The van der Waals surface area contributed by atoms with Crippen LogP contribution in [0.5, 0.6) is 0 Å². The van der Waals surface area contributed by atoms with Gasteiger partial charge in [-0.15, -0.1) is 0 Å². The van der Waals surface area contributed by atoms with E-state index in [0.717, 1.165) is 18.5 Å². The van der Waals surface area contributed by atoms with Crippen molar-refractivity contribution < 1.29 is 0 Å². The van der Waals surface area contributed by atoms with Gasteiger partial charge in [0.25, 0.3) is 0 Å². The molecule has 0 saturated heterocycles. The van der Waals surface area contributed by atoms with Gasteiger partial charge < -0.3 is 0 Å². The van der Waals surface area contributed by atoms with Crippen molar-refractivity contribution in [2.24, 2.45) is 12.9 Å². The van der Waals surface area contributed by atoms with Crippen LogP contribution in [0.25, 0.3) is 0 Å². The fourth-order valence-electron chi connectivity index (χ4n) is 2.62. The number of aryl methyl sites for hydroxylation is 3. The number of benzene rings is 1. The molecule has 1 aromatic heterocycles. The number of nitrogens with zero attached hydrogens (tertiary/aromatic N) is 2. The summed E-state index contributed by atoms with van der Waals surface area (Å²) in [6.07, 6.45) is 1.89. The highest BCUT2D eigenvalue weighted by Crippen LogP contribution is 2.22. The molecule has 108 valence electrons. The van der Waals surface area contributed by atoms with Gasteiger partial charge in [-0.25, -0.2) is 0 Å². The first-order valence-electron chi connectivity index (χ1n) is 7.10. The van der Waals surface area contributed by atoms with E-state index in [-0.39, 0.29) is 6.04 Å². The van der Waals surface area contributed by atoms with Gasteiger partial charge in [0, 0.05) is 12.7 Å². The largest absolute Gasteiger partial charge is 0.272 e. The second-order valence-electron chi connectivity index (χ2n) is 5.29. The number of nitrogens with two attached hydrogens (primary N) is 1. The average Bonchev–Trinajstić information content (AvgIpc) is 2.70. The highest BCUT2D eigenvalue weighted by atomic mass is 15.3. The Hall–Kier alpha value is -1.65. The van der Waals surface area contributed by atoms with E-state index in [1.165, 1.54) is 22.4 Å². The number of hydrogen-bond acceptors (Lipinski definition) is 3. The highest BCUT2D eigenvalue weighted by Gasteiger charge is 2.16. The van der Waals surface area contributed by atoms with Gasteiger partial charge in [-0.1, -0.05) is 31.2 Å². The summed E-state index contributed by atoms with van der Waals surface area (Å²) in [6, 6.07) is 8.72. The van der Waals surface area contributed by atoms with Gasteiger partial charge in [-0.05, 0) is 43.4 Å². The zero-order chi connectivity index (χ0) is 14.7. The predicted octanol–water partition coefficient (Wildman–Crippen LogP) is 2.35. The fourth-order valence-corrected chi connectivity index (χ4v) is 2.62. The third-order valence-electron chi connectivity index (χ3n) is 4.03. The molecule has 0 fully saturated rings. The van der Waals surface area contributed by atoms with Crippen molar-refractivity contribution in [2.75, 3.05) is 0 Å². The molecule has 1 aromatic carbocycles. The Balaban J connectivity index is 2.28. The number of hydrazine groups is 1. The summed E-state index contributed by atoms with van der Waals surface area (Å²) in [4.78, 5) is 0. The Bertz CT molecular complexity index is 586. The van der Waals surface area contributed by atoms with Crippen LogP contribution >= 0.6 is 0 Å². The van der Waals surface area contributed by atoms with E-state index in [1.54, 1.807) is 0 Å². The third kappa shape index (κ3) is 2.92. The minimum absolute atomic E-state index is 0.114. The minimum atomic E-state index is 0.114. The fraction of sp³-hybridized carbons (Fsp3) is 0.438. The Labute approximate surface area is 121 Å². The summed E-state index contributed by atoms with van der Waals surface area (Å²) in [5.41, 5.74) is 9.07. The topological polar surface area (TPSA) is 55.9 Å². The molecule has 2 aromatic rings. The molecule has 20 heavy (non-hydrogen) atoms. The monoisotopic (exact) mass is 272 g/mol. The van der Waals surface area contributed by atoms with Crippen LogP contribution in [0.1, 0.15) is 41.0 Å². The SMILES string of the molecule is CCc1cccc(C(Cc2c(C)nn(C)c2C)NN)c1. The molecule has 0 amide bonds. The smallest absolute Gasteiger partial charge is 0.0629 e. The lowest BCUT2D eigenvalue weighted by atomic mass is 9.96. The third-order valence-corrected chi connectivity index (χ3v) is 4.03. The van der Waals surface area contributed by atoms with E-state index in [0.29, 0.717) is 0 Å². The van der Waals surface area contributed by atoms with Gasteiger partial charge >= 0.3 is 0 Å². The molecule has 0 bridgehead atoms. The lowest BCUT2D eigenvalue weighted by Crippen LogP contribution is -2.30. The van der Waals surface area contributed by atoms with Crippen LogP contribution in [0.15, 0.2) is 24.3 Å². The molecular formula is C16H24N4. The normalized spacial score (nSPS) is 12.7. The molecule has 0 saturated carbocycles. The van der Waals surface area contributed by atoms with Crippen LogP contribution in [-0.2, 0) is 19.9 Å². The quantitative estimate of drug-likeness (QED) is 0.649.